The highest BCUT2D eigenvalue weighted by atomic mass is 32.2. The first-order valence-electron chi connectivity index (χ1n) is 8.62. The highest BCUT2D eigenvalue weighted by Gasteiger charge is 2.35. The molecule has 1 aliphatic heterocycles. The van der Waals surface area contributed by atoms with Crippen molar-refractivity contribution in [1.82, 2.24) is 14.5 Å². The minimum Gasteiger partial charge on any atom is -0.364 e. The van der Waals surface area contributed by atoms with E-state index in [-0.39, 0.29) is 17.1 Å². The van der Waals surface area contributed by atoms with Gasteiger partial charge < -0.3 is 4.90 Å². The van der Waals surface area contributed by atoms with Crippen molar-refractivity contribution in [3.63, 3.8) is 0 Å². The van der Waals surface area contributed by atoms with Crippen LogP contribution in [0.5, 0.6) is 0 Å². The zero-order valence-corrected chi connectivity index (χ0v) is 16.1. The van der Waals surface area contributed by atoms with E-state index in [4.69, 9.17) is 0 Å². The topological polar surface area (TPSA) is 110 Å². The maximum absolute atomic E-state index is 12.8. The smallest absolute Gasteiger partial charge is 0.364 e. The Morgan fingerprint density at radius 3 is 2.62 bits per heavy atom. The molecule has 1 atom stereocenters. The van der Waals surface area contributed by atoms with Gasteiger partial charge in [0.05, 0.1) is 15.9 Å². The Labute approximate surface area is 164 Å². The molecule has 1 aromatic heterocycles. The number of alkyl halides is 3. The number of nitrogens with one attached hydrogen (secondary N) is 1. The lowest BCUT2D eigenvalue weighted by molar-refractivity contribution is -0.384. The molecular formula is C16H18F3N5O4S. The average Bonchev–Trinajstić information content (AvgIpc) is 3.18. The predicted octanol–water partition coefficient (Wildman–Crippen LogP) is 2.56. The van der Waals surface area contributed by atoms with Gasteiger partial charge in [0.1, 0.15) is 5.69 Å². The Hall–Kier alpha value is -2.67. The first-order chi connectivity index (χ1) is 13.5. The Morgan fingerprint density at radius 2 is 2.03 bits per heavy atom. The lowest BCUT2D eigenvalue weighted by atomic mass is 10.0. The second kappa shape index (κ2) is 7.63. The molecule has 0 saturated carbocycles. The molecule has 1 aromatic carbocycles. The van der Waals surface area contributed by atoms with Gasteiger partial charge >= 0.3 is 6.18 Å². The summed E-state index contributed by atoms with van der Waals surface area (Å²) in [6.45, 7) is 0.654. The van der Waals surface area contributed by atoms with Crippen LogP contribution < -0.4 is 9.62 Å². The molecule has 0 bridgehead atoms. The molecule has 0 radical (unpaired) electrons. The number of nitro benzene ring substituents is 1. The van der Waals surface area contributed by atoms with Crippen molar-refractivity contribution in [2.45, 2.75) is 30.0 Å². The predicted molar refractivity (Wildman–Crippen MR) is 97.1 cm³/mol. The number of sulfonamides is 1. The van der Waals surface area contributed by atoms with E-state index in [2.05, 4.69) is 9.82 Å². The average molecular weight is 433 g/mol. The van der Waals surface area contributed by atoms with Crippen molar-refractivity contribution in [2.75, 3.05) is 25.0 Å². The molecule has 1 unspecified atom stereocenters. The molecule has 1 aliphatic rings. The second-order valence-corrected chi connectivity index (χ2v) is 8.42. The van der Waals surface area contributed by atoms with Crippen LogP contribution in [0.4, 0.5) is 24.5 Å². The number of rotatable bonds is 5. The van der Waals surface area contributed by atoms with Crippen LogP contribution in [0.2, 0.25) is 0 Å². The molecule has 1 N–H and O–H groups in total. The van der Waals surface area contributed by atoms with Crippen LogP contribution in [0.3, 0.4) is 0 Å². The summed E-state index contributed by atoms with van der Waals surface area (Å²) in [4.78, 5) is 12.3. The van der Waals surface area contributed by atoms with Gasteiger partial charge in [-0.1, -0.05) is 0 Å². The van der Waals surface area contributed by atoms with Gasteiger partial charge in [0.2, 0.25) is 10.0 Å². The molecule has 1 saturated heterocycles. The van der Waals surface area contributed by atoms with Crippen LogP contribution in [-0.4, -0.2) is 43.3 Å². The molecule has 158 valence electrons. The van der Waals surface area contributed by atoms with Crippen LogP contribution in [0.25, 0.3) is 0 Å². The summed E-state index contributed by atoms with van der Waals surface area (Å²) in [5.41, 5.74) is -1.18. The van der Waals surface area contributed by atoms with E-state index in [1.165, 1.54) is 30.1 Å². The van der Waals surface area contributed by atoms with Crippen molar-refractivity contribution < 1.29 is 26.5 Å². The summed E-state index contributed by atoms with van der Waals surface area (Å²) in [7, 11) is -2.66. The SMILES string of the molecule is CNS(=O)(=O)c1ccc(N2CCCC(n3ccc(C(F)(F)F)n3)C2)c([N+](=O)[O-])c1. The van der Waals surface area contributed by atoms with Crippen LogP contribution in [0, 0.1) is 10.1 Å². The lowest BCUT2D eigenvalue weighted by Gasteiger charge is -2.34. The molecule has 0 spiro atoms. The molecule has 0 aliphatic carbocycles. The third-order valence-corrected chi connectivity index (χ3v) is 6.14. The van der Waals surface area contributed by atoms with Crippen LogP contribution in [-0.2, 0) is 16.2 Å². The van der Waals surface area contributed by atoms with Gasteiger partial charge in [-0.15, -0.1) is 0 Å². The number of halogens is 3. The van der Waals surface area contributed by atoms with Crippen molar-refractivity contribution in [2.24, 2.45) is 0 Å². The summed E-state index contributed by atoms with van der Waals surface area (Å²) in [6.07, 6.45) is -2.16. The third-order valence-electron chi connectivity index (χ3n) is 4.73. The zero-order chi connectivity index (χ0) is 21.4. The first kappa shape index (κ1) is 21.0. The molecule has 2 heterocycles. The molecule has 3 rings (SSSR count). The molecule has 13 heteroatoms. The fourth-order valence-corrected chi connectivity index (χ4v) is 4.03. The minimum atomic E-state index is -4.55. The number of piperidine rings is 1. The van der Waals surface area contributed by atoms with Crippen molar-refractivity contribution in [3.05, 3.63) is 46.3 Å². The number of hydrogen-bond acceptors (Lipinski definition) is 6. The number of nitrogens with zero attached hydrogens (tertiary/aromatic N) is 4. The fraction of sp³-hybridized carbons (Fsp3) is 0.438. The van der Waals surface area contributed by atoms with Gasteiger partial charge in [0.15, 0.2) is 5.69 Å². The van der Waals surface area contributed by atoms with Gasteiger partial charge in [-0.3, -0.25) is 14.8 Å². The van der Waals surface area contributed by atoms with E-state index in [1.54, 1.807) is 4.90 Å². The normalized spacial score (nSPS) is 18.1. The molecule has 29 heavy (non-hydrogen) atoms. The van der Waals surface area contributed by atoms with E-state index in [0.717, 1.165) is 12.1 Å². The van der Waals surface area contributed by atoms with Crippen molar-refractivity contribution >= 4 is 21.4 Å². The fourth-order valence-electron chi connectivity index (χ4n) is 3.28. The first-order valence-corrected chi connectivity index (χ1v) is 10.1. The second-order valence-electron chi connectivity index (χ2n) is 6.54. The Morgan fingerprint density at radius 1 is 1.31 bits per heavy atom. The number of nitro groups is 1. The lowest BCUT2D eigenvalue weighted by Crippen LogP contribution is -2.37. The minimum absolute atomic E-state index is 0.206. The van der Waals surface area contributed by atoms with Gasteiger partial charge in [-0.25, -0.2) is 13.1 Å². The zero-order valence-electron chi connectivity index (χ0n) is 15.3. The maximum atomic E-state index is 12.8. The highest BCUT2D eigenvalue weighted by Crippen LogP contribution is 2.35. The number of anilines is 1. The number of hydrogen-bond donors (Lipinski definition) is 1. The van der Waals surface area contributed by atoms with E-state index in [9.17, 15) is 31.7 Å². The van der Waals surface area contributed by atoms with Gasteiger partial charge in [-0.05, 0) is 38.1 Å². The number of benzene rings is 1. The largest absolute Gasteiger partial charge is 0.435 e. The monoisotopic (exact) mass is 433 g/mol. The van der Waals surface area contributed by atoms with Crippen molar-refractivity contribution in [3.8, 4) is 0 Å². The summed E-state index contributed by atoms with van der Waals surface area (Å²) >= 11 is 0. The molecule has 1 fully saturated rings. The molecule has 9 nitrogen and oxygen atoms in total. The van der Waals surface area contributed by atoms with Gasteiger partial charge in [0, 0.05) is 25.4 Å². The quantitative estimate of drug-likeness (QED) is 0.573. The standard InChI is InChI=1S/C16H18F3N5O4S/c1-20-29(27,28)12-4-5-13(14(9-12)24(25)26)22-7-2-3-11(10-22)23-8-6-15(21-23)16(17,18)19/h4-6,8-9,11,20H,2-3,7,10H2,1H3. The molecular weight excluding hydrogens is 415 g/mol. The third kappa shape index (κ3) is 4.34. The van der Waals surface area contributed by atoms with Crippen LogP contribution in [0.15, 0.2) is 35.4 Å². The molecule has 2 aromatic rings. The summed E-state index contributed by atoms with van der Waals surface area (Å²) in [6, 6.07) is 4.06. The Balaban J connectivity index is 1.90. The van der Waals surface area contributed by atoms with Crippen LogP contribution >= 0.6 is 0 Å². The van der Waals surface area contributed by atoms with E-state index in [0.29, 0.717) is 19.4 Å². The van der Waals surface area contributed by atoms with E-state index in [1.807, 2.05) is 0 Å². The summed E-state index contributed by atoms with van der Waals surface area (Å²) in [5.74, 6) is 0. The van der Waals surface area contributed by atoms with Gasteiger partial charge in [0.25, 0.3) is 5.69 Å². The summed E-state index contributed by atoms with van der Waals surface area (Å²) in [5, 5.41) is 15.1. The van der Waals surface area contributed by atoms with Crippen LogP contribution in [0.1, 0.15) is 24.6 Å². The Kier molecular flexibility index (Phi) is 5.54. The number of aromatic nitrogens is 2. The Bertz CT molecular complexity index is 1020. The van der Waals surface area contributed by atoms with E-state index < -0.39 is 38.5 Å². The van der Waals surface area contributed by atoms with Gasteiger partial charge in [-0.2, -0.15) is 18.3 Å². The summed E-state index contributed by atoms with van der Waals surface area (Å²) < 4.78 is 65.6. The maximum Gasteiger partial charge on any atom is 0.435 e. The van der Waals surface area contributed by atoms with E-state index >= 15 is 0 Å². The highest BCUT2D eigenvalue weighted by molar-refractivity contribution is 7.89. The van der Waals surface area contributed by atoms with Crippen molar-refractivity contribution in [1.29, 1.82) is 0 Å². The molecule has 0 amide bonds.